The second-order valence-electron chi connectivity index (χ2n) is 3.89. The highest BCUT2D eigenvalue weighted by atomic mass is 16.6. The monoisotopic (exact) mass is 244 g/mol. The number of rotatable bonds is 5. The summed E-state index contributed by atoms with van der Waals surface area (Å²) in [5.41, 5.74) is 4.42. The van der Waals surface area contributed by atoms with Crippen LogP contribution in [0.1, 0.15) is 12.5 Å². The molecule has 1 aromatic carbocycles. The summed E-state index contributed by atoms with van der Waals surface area (Å²) in [6, 6.07) is 11.8. The van der Waals surface area contributed by atoms with Gasteiger partial charge in [0.2, 0.25) is 5.91 Å². The Morgan fingerprint density at radius 3 is 2.50 bits per heavy atom. The summed E-state index contributed by atoms with van der Waals surface area (Å²) < 4.78 is 2.02. The van der Waals surface area contributed by atoms with Crippen LogP contribution in [0, 0.1) is 0 Å². The quantitative estimate of drug-likeness (QED) is 0.818. The number of aromatic nitrogens is 1. The third-order valence-electron chi connectivity index (χ3n) is 2.53. The van der Waals surface area contributed by atoms with Crippen LogP contribution in [0.25, 0.3) is 5.69 Å². The molecule has 1 heterocycles. The van der Waals surface area contributed by atoms with E-state index in [0.29, 0.717) is 13.0 Å². The number of nitrogens with one attached hydrogen (secondary N) is 1. The first kappa shape index (κ1) is 12.4. The molecule has 18 heavy (non-hydrogen) atoms. The molecule has 2 rings (SSSR count). The summed E-state index contributed by atoms with van der Waals surface area (Å²) in [4.78, 5) is 16.3. The van der Waals surface area contributed by atoms with Gasteiger partial charge in [-0.3, -0.25) is 9.63 Å². The standard InChI is InChI=1S/C14H16N2O2/c1-2-18-15-14(17)11-12-5-7-13(8-6-12)16-9-3-4-10-16/h3-10H,2,11H2,1H3,(H,15,17). The van der Waals surface area contributed by atoms with E-state index in [1.165, 1.54) is 0 Å². The minimum absolute atomic E-state index is 0.134. The fourth-order valence-electron chi connectivity index (χ4n) is 1.67. The fraction of sp³-hybridized carbons (Fsp3) is 0.214. The lowest BCUT2D eigenvalue weighted by atomic mass is 10.1. The number of carbonyl (C=O) groups excluding carboxylic acids is 1. The Labute approximate surface area is 106 Å². The van der Waals surface area contributed by atoms with E-state index in [-0.39, 0.29) is 5.91 Å². The normalized spacial score (nSPS) is 10.3. The van der Waals surface area contributed by atoms with Gasteiger partial charge in [-0.05, 0) is 36.8 Å². The molecule has 0 spiro atoms. The Bertz CT molecular complexity index is 489. The van der Waals surface area contributed by atoms with Crippen molar-refractivity contribution in [2.75, 3.05) is 6.61 Å². The van der Waals surface area contributed by atoms with Crippen LogP contribution >= 0.6 is 0 Å². The Balaban J connectivity index is 1.98. The first-order valence-electron chi connectivity index (χ1n) is 5.92. The van der Waals surface area contributed by atoms with Gasteiger partial charge in [-0.1, -0.05) is 12.1 Å². The third-order valence-corrected chi connectivity index (χ3v) is 2.53. The number of hydroxylamine groups is 1. The lowest BCUT2D eigenvalue weighted by Crippen LogP contribution is -2.25. The lowest BCUT2D eigenvalue weighted by Gasteiger charge is -2.06. The molecule has 0 bridgehead atoms. The van der Waals surface area contributed by atoms with Gasteiger partial charge >= 0.3 is 0 Å². The van der Waals surface area contributed by atoms with Crippen molar-refractivity contribution in [2.24, 2.45) is 0 Å². The molecule has 1 amide bonds. The van der Waals surface area contributed by atoms with Crippen molar-refractivity contribution in [2.45, 2.75) is 13.3 Å². The van der Waals surface area contributed by atoms with E-state index in [0.717, 1.165) is 11.3 Å². The summed E-state index contributed by atoms with van der Waals surface area (Å²) in [7, 11) is 0. The second kappa shape index (κ2) is 6.02. The van der Waals surface area contributed by atoms with Crippen molar-refractivity contribution >= 4 is 5.91 Å². The summed E-state index contributed by atoms with van der Waals surface area (Å²) >= 11 is 0. The van der Waals surface area contributed by atoms with Crippen LogP contribution in [0.4, 0.5) is 0 Å². The van der Waals surface area contributed by atoms with Gasteiger partial charge in [-0.15, -0.1) is 0 Å². The second-order valence-corrected chi connectivity index (χ2v) is 3.89. The third kappa shape index (κ3) is 3.21. The fourth-order valence-corrected chi connectivity index (χ4v) is 1.67. The lowest BCUT2D eigenvalue weighted by molar-refractivity contribution is -0.132. The van der Waals surface area contributed by atoms with Crippen LogP contribution in [0.3, 0.4) is 0 Å². The van der Waals surface area contributed by atoms with Gasteiger partial charge in [0, 0.05) is 18.1 Å². The van der Waals surface area contributed by atoms with Crippen molar-refractivity contribution in [3.8, 4) is 5.69 Å². The maximum atomic E-state index is 11.4. The molecule has 2 aromatic rings. The van der Waals surface area contributed by atoms with Crippen molar-refractivity contribution in [3.05, 3.63) is 54.4 Å². The van der Waals surface area contributed by atoms with Gasteiger partial charge < -0.3 is 4.57 Å². The molecule has 0 unspecified atom stereocenters. The van der Waals surface area contributed by atoms with Gasteiger partial charge in [0.05, 0.1) is 13.0 Å². The number of amides is 1. The molecule has 1 aromatic heterocycles. The molecule has 0 aliphatic heterocycles. The zero-order chi connectivity index (χ0) is 12.8. The maximum absolute atomic E-state index is 11.4. The summed E-state index contributed by atoms with van der Waals surface area (Å²) in [6.07, 6.45) is 4.29. The first-order valence-corrected chi connectivity index (χ1v) is 5.92. The van der Waals surface area contributed by atoms with Crippen LogP contribution in [0.15, 0.2) is 48.8 Å². The van der Waals surface area contributed by atoms with Gasteiger partial charge in [-0.2, -0.15) is 0 Å². The van der Waals surface area contributed by atoms with Gasteiger partial charge in [-0.25, -0.2) is 5.48 Å². The Hall–Kier alpha value is -2.07. The zero-order valence-corrected chi connectivity index (χ0v) is 10.3. The van der Waals surface area contributed by atoms with E-state index in [2.05, 4.69) is 5.48 Å². The van der Waals surface area contributed by atoms with Gasteiger partial charge in [0.25, 0.3) is 0 Å². The number of benzene rings is 1. The molecule has 4 nitrogen and oxygen atoms in total. The molecule has 0 saturated heterocycles. The minimum atomic E-state index is -0.134. The molecular formula is C14H16N2O2. The molecular weight excluding hydrogens is 228 g/mol. The first-order chi connectivity index (χ1) is 8.79. The van der Waals surface area contributed by atoms with Crippen molar-refractivity contribution in [1.82, 2.24) is 10.0 Å². The topological polar surface area (TPSA) is 43.3 Å². The zero-order valence-electron chi connectivity index (χ0n) is 10.3. The molecule has 0 aliphatic rings. The van der Waals surface area contributed by atoms with Crippen LogP contribution in [0.2, 0.25) is 0 Å². The summed E-state index contributed by atoms with van der Waals surface area (Å²) in [5.74, 6) is -0.134. The highest BCUT2D eigenvalue weighted by Gasteiger charge is 2.03. The van der Waals surface area contributed by atoms with Crippen molar-refractivity contribution < 1.29 is 9.63 Å². The number of carbonyl (C=O) groups is 1. The average Bonchev–Trinajstić information content (AvgIpc) is 2.91. The van der Waals surface area contributed by atoms with Crippen LogP contribution in [0.5, 0.6) is 0 Å². The van der Waals surface area contributed by atoms with E-state index in [1.807, 2.05) is 60.3 Å². The molecule has 0 fully saturated rings. The number of nitrogens with zero attached hydrogens (tertiary/aromatic N) is 1. The Morgan fingerprint density at radius 1 is 1.22 bits per heavy atom. The van der Waals surface area contributed by atoms with E-state index >= 15 is 0 Å². The summed E-state index contributed by atoms with van der Waals surface area (Å²) in [6.45, 7) is 2.30. The number of hydrogen-bond acceptors (Lipinski definition) is 2. The van der Waals surface area contributed by atoms with E-state index < -0.39 is 0 Å². The molecule has 0 atom stereocenters. The van der Waals surface area contributed by atoms with Gasteiger partial charge in [0.15, 0.2) is 0 Å². The molecule has 0 aliphatic carbocycles. The van der Waals surface area contributed by atoms with Crippen LogP contribution in [-0.4, -0.2) is 17.1 Å². The largest absolute Gasteiger partial charge is 0.324 e. The van der Waals surface area contributed by atoms with Crippen LogP contribution < -0.4 is 5.48 Å². The molecule has 4 heteroatoms. The van der Waals surface area contributed by atoms with E-state index in [9.17, 15) is 4.79 Å². The minimum Gasteiger partial charge on any atom is -0.324 e. The summed E-state index contributed by atoms with van der Waals surface area (Å²) in [5, 5.41) is 0. The van der Waals surface area contributed by atoms with Crippen molar-refractivity contribution in [3.63, 3.8) is 0 Å². The molecule has 0 radical (unpaired) electrons. The SMILES string of the molecule is CCONC(=O)Cc1ccc(-n2cccc2)cc1. The van der Waals surface area contributed by atoms with Crippen LogP contribution in [-0.2, 0) is 16.1 Å². The molecule has 94 valence electrons. The maximum Gasteiger partial charge on any atom is 0.247 e. The highest BCUT2D eigenvalue weighted by molar-refractivity contribution is 5.77. The number of hydrogen-bond donors (Lipinski definition) is 1. The Kier molecular flexibility index (Phi) is 4.15. The molecule has 1 N–H and O–H groups in total. The Morgan fingerprint density at radius 2 is 1.89 bits per heavy atom. The van der Waals surface area contributed by atoms with E-state index in [4.69, 9.17) is 4.84 Å². The van der Waals surface area contributed by atoms with Gasteiger partial charge in [0.1, 0.15) is 0 Å². The predicted molar refractivity (Wildman–Crippen MR) is 69.2 cm³/mol. The smallest absolute Gasteiger partial charge is 0.247 e. The highest BCUT2D eigenvalue weighted by Crippen LogP contribution is 2.10. The van der Waals surface area contributed by atoms with Crippen molar-refractivity contribution in [1.29, 1.82) is 0 Å². The predicted octanol–water partition coefficient (Wildman–Crippen LogP) is 2.09. The van der Waals surface area contributed by atoms with E-state index in [1.54, 1.807) is 0 Å². The molecule has 0 saturated carbocycles. The average molecular weight is 244 g/mol.